The van der Waals surface area contributed by atoms with Gasteiger partial charge in [0.25, 0.3) is 11.8 Å². The van der Waals surface area contributed by atoms with E-state index in [4.69, 9.17) is 25.8 Å². The standard InChI is InChI=1S/C27H33ClN2O6/c1-3-34-24-14-9-20(17-23(24)28)26(32)30-16-15-29-25(31)18-5-10-21(11-6-18)36-22-12-7-19(8-13-22)27(33)35-4-2/h5-6,9-11,14,17,19,22H,3-4,7-8,12-13,15-16H2,1-2H3,(H,29,31)(H,30,32)/t19-,22+. The van der Waals surface area contributed by atoms with E-state index in [-0.39, 0.29) is 42.9 Å². The third-order valence-electron chi connectivity index (χ3n) is 5.90. The molecule has 0 spiro atoms. The average Bonchev–Trinajstić information content (AvgIpc) is 2.88. The van der Waals surface area contributed by atoms with Gasteiger partial charge >= 0.3 is 5.97 Å². The van der Waals surface area contributed by atoms with Crippen molar-refractivity contribution in [3.8, 4) is 11.5 Å². The van der Waals surface area contributed by atoms with Gasteiger partial charge in [0.15, 0.2) is 0 Å². The predicted octanol–water partition coefficient (Wildman–Crippen LogP) is 4.40. The molecule has 36 heavy (non-hydrogen) atoms. The zero-order valence-corrected chi connectivity index (χ0v) is 21.4. The van der Waals surface area contributed by atoms with E-state index in [1.54, 1.807) is 42.5 Å². The molecule has 2 aromatic carbocycles. The second kappa shape index (κ2) is 13.7. The summed E-state index contributed by atoms with van der Waals surface area (Å²) < 4.78 is 16.5. The van der Waals surface area contributed by atoms with Crippen LogP contribution in [0.1, 0.15) is 60.2 Å². The quantitative estimate of drug-likeness (QED) is 0.339. The molecule has 1 aliphatic carbocycles. The lowest BCUT2D eigenvalue weighted by Gasteiger charge is -2.27. The maximum Gasteiger partial charge on any atom is 0.308 e. The Morgan fingerprint density at radius 2 is 1.47 bits per heavy atom. The smallest absolute Gasteiger partial charge is 0.308 e. The number of carbonyl (C=O) groups is 3. The van der Waals surface area contributed by atoms with Gasteiger partial charge in [-0.1, -0.05) is 11.6 Å². The molecule has 0 heterocycles. The highest BCUT2D eigenvalue weighted by Gasteiger charge is 2.28. The van der Waals surface area contributed by atoms with Crippen LogP contribution in [-0.4, -0.2) is 50.2 Å². The molecule has 0 radical (unpaired) electrons. The highest BCUT2D eigenvalue weighted by molar-refractivity contribution is 6.32. The minimum atomic E-state index is -0.285. The summed E-state index contributed by atoms with van der Waals surface area (Å²) in [5, 5.41) is 5.91. The van der Waals surface area contributed by atoms with Crippen LogP contribution in [-0.2, 0) is 9.53 Å². The number of benzene rings is 2. The maximum absolute atomic E-state index is 12.4. The number of halogens is 1. The van der Waals surface area contributed by atoms with Crippen molar-refractivity contribution in [1.82, 2.24) is 10.6 Å². The van der Waals surface area contributed by atoms with E-state index in [1.807, 2.05) is 13.8 Å². The highest BCUT2D eigenvalue weighted by Crippen LogP contribution is 2.29. The first-order valence-electron chi connectivity index (χ1n) is 12.3. The normalized spacial score (nSPS) is 17.1. The van der Waals surface area contributed by atoms with Crippen LogP contribution < -0.4 is 20.1 Å². The Morgan fingerprint density at radius 3 is 2.06 bits per heavy atom. The van der Waals surface area contributed by atoms with Crippen molar-refractivity contribution >= 4 is 29.4 Å². The Morgan fingerprint density at radius 1 is 0.861 bits per heavy atom. The third kappa shape index (κ3) is 7.88. The molecule has 0 aromatic heterocycles. The molecule has 1 fully saturated rings. The van der Waals surface area contributed by atoms with Crippen LogP contribution in [0.5, 0.6) is 11.5 Å². The average molecular weight is 517 g/mol. The number of rotatable bonds is 11. The van der Waals surface area contributed by atoms with Crippen molar-refractivity contribution in [2.45, 2.75) is 45.6 Å². The van der Waals surface area contributed by atoms with E-state index < -0.39 is 0 Å². The number of hydrogen-bond donors (Lipinski definition) is 2. The second-order valence-corrected chi connectivity index (χ2v) is 8.87. The van der Waals surface area contributed by atoms with Gasteiger partial charge in [-0.2, -0.15) is 0 Å². The van der Waals surface area contributed by atoms with Crippen LogP contribution in [0, 0.1) is 5.92 Å². The zero-order valence-electron chi connectivity index (χ0n) is 20.7. The number of nitrogens with one attached hydrogen (secondary N) is 2. The summed E-state index contributed by atoms with van der Waals surface area (Å²) in [7, 11) is 0. The molecule has 0 bridgehead atoms. The van der Waals surface area contributed by atoms with E-state index in [2.05, 4.69) is 10.6 Å². The number of amides is 2. The Bertz CT molecular complexity index is 1040. The predicted molar refractivity (Wildman–Crippen MR) is 137 cm³/mol. The number of ether oxygens (including phenoxy) is 3. The minimum absolute atomic E-state index is 0.0422. The Hall–Kier alpha value is -3.26. The van der Waals surface area contributed by atoms with Gasteiger partial charge in [-0.05, 0) is 82.0 Å². The lowest BCUT2D eigenvalue weighted by molar-refractivity contribution is -0.149. The van der Waals surface area contributed by atoms with E-state index in [0.717, 1.165) is 25.7 Å². The van der Waals surface area contributed by atoms with E-state index >= 15 is 0 Å². The fourth-order valence-corrected chi connectivity index (χ4v) is 4.26. The van der Waals surface area contributed by atoms with Gasteiger partial charge in [-0.15, -0.1) is 0 Å². The molecular weight excluding hydrogens is 484 g/mol. The molecule has 3 rings (SSSR count). The summed E-state index contributed by atoms with van der Waals surface area (Å²) in [6, 6.07) is 11.8. The van der Waals surface area contributed by atoms with Crippen molar-refractivity contribution in [3.05, 3.63) is 58.6 Å². The van der Waals surface area contributed by atoms with Crippen molar-refractivity contribution in [1.29, 1.82) is 0 Å². The van der Waals surface area contributed by atoms with Gasteiger partial charge in [-0.25, -0.2) is 0 Å². The highest BCUT2D eigenvalue weighted by atomic mass is 35.5. The van der Waals surface area contributed by atoms with Crippen LogP contribution in [0.2, 0.25) is 5.02 Å². The fourth-order valence-electron chi connectivity index (χ4n) is 4.02. The lowest BCUT2D eigenvalue weighted by atomic mass is 9.87. The van der Waals surface area contributed by atoms with Crippen molar-refractivity contribution in [2.75, 3.05) is 26.3 Å². The van der Waals surface area contributed by atoms with Crippen LogP contribution >= 0.6 is 11.6 Å². The Kier molecular flexibility index (Phi) is 10.4. The van der Waals surface area contributed by atoms with Crippen LogP contribution in [0.3, 0.4) is 0 Å². The SMILES string of the molecule is CCOc1ccc(C(=O)NCCNC(=O)c2ccc(O[C@H]3CC[C@@H](C(=O)OCC)CC3)cc2)cc1Cl. The molecule has 9 heteroatoms. The summed E-state index contributed by atoms with van der Waals surface area (Å²) in [5.74, 6) is 0.529. The summed E-state index contributed by atoms with van der Waals surface area (Å²) in [5.41, 5.74) is 0.915. The maximum atomic E-state index is 12.4. The zero-order chi connectivity index (χ0) is 25.9. The molecular formula is C27H33ClN2O6. The molecule has 2 aromatic rings. The molecule has 2 N–H and O–H groups in total. The first-order valence-corrected chi connectivity index (χ1v) is 12.7. The molecule has 194 valence electrons. The largest absolute Gasteiger partial charge is 0.492 e. The van der Waals surface area contributed by atoms with E-state index in [1.165, 1.54) is 0 Å². The molecule has 1 saturated carbocycles. The molecule has 0 atom stereocenters. The Labute approximate surface area is 216 Å². The van der Waals surface area contributed by atoms with Crippen molar-refractivity contribution in [3.63, 3.8) is 0 Å². The van der Waals surface area contributed by atoms with Gasteiger partial charge in [0.2, 0.25) is 0 Å². The topological polar surface area (TPSA) is 103 Å². The summed E-state index contributed by atoms with van der Waals surface area (Å²) in [6.45, 7) is 5.11. The molecule has 0 aliphatic heterocycles. The Balaban J connectivity index is 1.38. The lowest BCUT2D eigenvalue weighted by Crippen LogP contribution is -2.34. The summed E-state index contributed by atoms with van der Waals surface area (Å²) in [4.78, 5) is 36.6. The minimum Gasteiger partial charge on any atom is -0.492 e. The van der Waals surface area contributed by atoms with Gasteiger partial charge in [0.05, 0.1) is 30.3 Å². The second-order valence-electron chi connectivity index (χ2n) is 8.46. The van der Waals surface area contributed by atoms with Gasteiger partial charge in [-0.3, -0.25) is 14.4 Å². The van der Waals surface area contributed by atoms with E-state index in [0.29, 0.717) is 40.9 Å². The van der Waals surface area contributed by atoms with Crippen molar-refractivity contribution < 1.29 is 28.6 Å². The monoisotopic (exact) mass is 516 g/mol. The molecule has 2 amide bonds. The number of carbonyl (C=O) groups excluding carboxylic acids is 3. The van der Waals surface area contributed by atoms with Gasteiger partial charge in [0, 0.05) is 24.2 Å². The van der Waals surface area contributed by atoms with Crippen LogP contribution in [0.15, 0.2) is 42.5 Å². The molecule has 8 nitrogen and oxygen atoms in total. The van der Waals surface area contributed by atoms with E-state index in [9.17, 15) is 14.4 Å². The van der Waals surface area contributed by atoms with Crippen molar-refractivity contribution in [2.24, 2.45) is 5.92 Å². The van der Waals surface area contributed by atoms with Gasteiger partial charge < -0.3 is 24.8 Å². The molecule has 0 unspecified atom stereocenters. The fraction of sp³-hybridized carbons (Fsp3) is 0.444. The first kappa shape index (κ1) is 27.3. The summed E-state index contributed by atoms with van der Waals surface area (Å²) >= 11 is 6.13. The first-order chi connectivity index (χ1) is 17.4. The number of hydrogen-bond acceptors (Lipinski definition) is 6. The third-order valence-corrected chi connectivity index (χ3v) is 6.20. The van der Waals surface area contributed by atoms with Crippen LogP contribution in [0.4, 0.5) is 0 Å². The molecule has 1 aliphatic rings. The summed E-state index contributed by atoms with van der Waals surface area (Å²) in [6.07, 6.45) is 3.14. The molecule has 0 saturated heterocycles. The van der Waals surface area contributed by atoms with Crippen LogP contribution in [0.25, 0.3) is 0 Å². The number of esters is 1. The van der Waals surface area contributed by atoms with Gasteiger partial charge in [0.1, 0.15) is 11.5 Å².